The Morgan fingerprint density at radius 1 is 1.00 bits per heavy atom. The number of hydrogen-bond donors (Lipinski definition) is 0. The minimum absolute atomic E-state index is 0.0630. The van der Waals surface area contributed by atoms with E-state index in [1.165, 1.54) is 0 Å². The average Bonchev–Trinajstić information content (AvgIpc) is 2.33. The van der Waals surface area contributed by atoms with Crippen molar-refractivity contribution in [1.29, 1.82) is 0 Å². The molecule has 0 aromatic carbocycles. The third kappa shape index (κ3) is 3.75. The van der Waals surface area contributed by atoms with Crippen LogP contribution in [0.1, 0.15) is 41.5 Å². The molecule has 0 saturated heterocycles. The molecular formula is C19H28O2. The summed E-state index contributed by atoms with van der Waals surface area (Å²) >= 11 is 0. The van der Waals surface area contributed by atoms with E-state index in [1.54, 1.807) is 12.2 Å². The van der Waals surface area contributed by atoms with Gasteiger partial charge in [0.05, 0.1) is 5.92 Å². The van der Waals surface area contributed by atoms with E-state index in [1.807, 2.05) is 12.2 Å². The van der Waals surface area contributed by atoms with E-state index in [4.69, 9.17) is 4.74 Å². The molecule has 1 rings (SSSR count). The van der Waals surface area contributed by atoms with Gasteiger partial charge in [-0.05, 0) is 22.5 Å². The minimum atomic E-state index is -0.189. The van der Waals surface area contributed by atoms with Crippen LogP contribution in [0.25, 0.3) is 0 Å². The van der Waals surface area contributed by atoms with Crippen molar-refractivity contribution in [2.24, 2.45) is 22.7 Å². The lowest BCUT2D eigenvalue weighted by Gasteiger charge is -2.45. The Morgan fingerprint density at radius 2 is 1.52 bits per heavy atom. The summed E-state index contributed by atoms with van der Waals surface area (Å²) in [7, 11) is 0. The summed E-state index contributed by atoms with van der Waals surface area (Å²) in [4.78, 5) is 12.5. The van der Waals surface area contributed by atoms with Gasteiger partial charge in [-0.3, -0.25) is 4.79 Å². The maximum absolute atomic E-state index is 12.5. The van der Waals surface area contributed by atoms with E-state index >= 15 is 0 Å². The van der Waals surface area contributed by atoms with Gasteiger partial charge in [0.1, 0.15) is 5.76 Å². The van der Waals surface area contributed by atoms with Crippen molar-refractivity contribution in [3.63, 3.8) is 0 Å². The van der Waals surface area contributed by atoms with Crippen LogP contribution in [0.2, 0.25) is 0 Å². The highest BCUT2D eigenvalue weighted by atomic mass is 16.5. The van der Waals surface area contributed by atoms with Crippen molar-refractivity contribution >= 4 is 5.97 Å². The lowest BCUT2D eigenvalue weighted by atomic mass is 9.60. The zero-order chi connectivity index (χ0) is 16.4. The number of hydrogen-bond acceptors (Lipinski definition) is 2. The second kappa shape index (κ2) is 6.05. The minimum Gasteiger partial charge on any atom is -0.426 e. The van der Waals surface area contributed by atoms with E-state index in [2.05, 4.69) is 54.7 Å². The number of ether oxygens (including phenoxy) is 1. The van der Waals surface area contributed by atoms with Crippen LogP contribution in [-0.2, 0) is 9.53 Å². The van der Waals surface area contributed by atoms with Crippen molar-refractivity contribution < 1.29 is 9.53 Å². The molecule has 1 aliphatic rings. The van der Waals surface area contributed by atoms with Crippen LogP contribution in [-0.4, -0.2) is 5.97 Å². The van der Waals surface area contributed by atoms with Crippen LogP contribution in [0, 0.1) is 22.7 Å². The molecule has 0 N–H and O–H groups in total. The Labute approximate surface area is 129 Å². The first kappa shape index (κ1) is 17.5. The Balaban J connectivity index is 3.57. The van der Waals surface area contributed by atoms with Gasteiger partial charge in [0.25, 0.3) is 0 Å². The summed E-state index contributed by atoms with van der Waals surface area (Å²) in [5.41, 5.74) is 0.790. The monoisotopic (exact) mass is 288 g/mol. The molecule has 0 amide bonds. The largest absolute Gasteiger partial charge is 0.426 e. The average molecular weight is 288 g/mol. The lowest BCUT2D eigenvalue weighted by Crippen LogP contribution is -2.45. The van der Waals surface area contributed by atoms with Crippen molar-refractivity contribution in [2.75, 3.05) is 0 Å². The van der Waals surface area contributed by atoms with Gasteiger partial charge in [-0.2, -0.15) is 0 Å². The van der Waals surface area contributed by atoms with Crippen LogP contribution >= 0.6 is 0 Å². The Kier molecular flexibility index (Phi) is 5.03. The number of carbonyl (C=O) groups excluding carboxylic acids is 1. The quantitative estimate of drug-likeness (QED) is 0.536. The lowest BCUT2D eigenvalue weighted by molar-refractivity contribution is -0.154. The first-order chi connectivity index (χ1) is 9.54. The molecule has 0 radical (unpaired) electrons. The fourth-order valence-electron chi connectivity index (χ4n) is 3.04. The second-order valence-corrected chi connectivity index (χ2v) is 7.73. The summed E-state index contributed by atoms with van der Waals surface area (Å²) in [5, 5.41) is 0. The Morgan fingerprint density at radius 3 is 1.90 bits per heavy atom. The Hall–Kier alpha value is -1.57. The fraction of sp³-hybridized carbons (Fsp3) is 0.526. The van der Waals surface area contributed by atoms with Crippen molar-refractivity contribution in [3.8, 4) is 0 Å². The SMILES string of the molecule is C=C/C=C\C1=C(C=C)OC(=O)C(C(C)(C)C)C1C(C)(C)C. The van der Waals surface area contributed by atoms with Gasteiger partial charge in [-0.15, -0.1) is 0 Å². The fourth-order valence-corrected chi connectivity index (χ4v) is 3.04. The summed E-state index contributed by atoms with van der Waals surface area (Å²) < 4.78 is 5.55. The first-order valence-corrected chi connectivity index (χ1v) is 7.41. The van der Waals surface area contributed by atoms with Crippen LogP contribution < -0.4 is 0 Å². The Bertz CT molecular complexity index is 493. The summed E-state index contributed by atoms with van der Waals surface area (Å²) in [6.45, 7) is 20.3. The zero-order valence-corrected chi connectivity index (χ0v) is 14.2. The molecule has 2 heteroatoms. The van der Waals surface area contributed by atoms with Crippen LogP contribution in [0.5, 0.6) is 0 Å². The molecule has 0 aliphatic carbocycles. The van der Waals surface area contributed by atoms with Gasteiger partial charge in [0, 0.05) is 5.92 Å². The van der Waals surface area contributed by atoms with Gasteiger partial charge in [-0.1, -0.05) is 72.9 Å². The molecule has 1 aliphatic heterocycles. The molecule has 116 valence electrons. The summed E-state index contributed by atoms with van der Waals surface area (Å²) in [6.07, 6.45) is 7.23. The number of esters is 1. The summed E-state index contributed by atoms with van der Waals surface area (Å²) in [6, 6.07) is 0. The first-order valence-electron chi connectivity index (χ1n) is 7.41. The molecule has 2 unspecified atom stereocenters. The molecular weight excluding hydrogens is 260 g/mol. The van der Waals surface area contributed by atoms with E-state index < -0.39 is 0 Å². The maximum atomic E-state index is 12.5. The molecule has 0 aromatic rings. The molecule has 1 heterocycles. The highest BCUT2D eigenvalue weighted by Crippen LogP contribution is 2.49. The van der Waals surface area contributed by atoms with Gasteiger partial charge >= 0.3 is 5.97 Å². The predicted molar refractivity (Wildman–Crippen MR) is 88.5 cm³/mol. The smallest absolute Gasteiger partial charge is 0.315 e. The molecule has 21 heavy (non-hydrogen) atoms. The number of carbonyl (C=O) groups is 1. The molecule has 0 aromatic heterocycles. The molecule has 0 saturated carbocycles. The van der Waals surface area contributed by atoms with Crippen molar-refractivity contribution in [2.45, 2.75) is 41.5 Å². The van der Waals surface area contributed by atoms with Crippen LogP contribution in [0.15, 0.2) is 48.8 Å². The summed E-state index contributed by atoms with van der Waals surface area (Å²) in [5.74, 6) is 0.292. The number of cyclic esters (lactones) is 1. The molecule has 2 nitrogen and oxygen atoms in total. The van der Waals surface area contributed by atoms with Crippen LogP contribution in [0.3, 0.4) is 0 Å². The van der Waals surface area contributed by atoms with Crippen molar-refractivity contribution in [1.82, 2.24) is 0 Å². The van der Waals surface area contributed by atoms with E-state index in [0.29, 0.717) is 5.76 Å². The molecule has 0 spiro atoms. The third-order valence-corrected chi connectivity index (χ3v) is 3.88. The van der Waals surface area contributed by atoms with Gasteiger partial charge in [0.15, 0.2) is 0 Å². The van der Waals surface area contributed by atoms with E-state index in [0.717, 1.165) is 5.57 Å². The maximum Gasteiger partial charge on any atom is 0.315 e. The van der Waals surface area contributed by atoms with E-state index in [9.17, 15) is 4.79 Å². The van der Waals surface area contributed by atoms with E-state index in [-0.39, 0.29) is 28.6 Å². The van der Waals surface area contributed by atoms with Gasteiger partial charge in [0.2, 0.25) is 0 Å². The van der Waals surface area contributed by atoms with Gasteiger partial charge in [-0.25, -0.2) is 0 Å². The second-order valence-electron chi connectivity index (χ2n) is 7.73. The molecule has 0 fully saturated rings. The zero-order valence-electron chi connectivity index (χ0n) is 14.2. The van der Waals surface area contributed by atoms with Gasteiger partial charge < -0.3 is 4.74 Å². The standard InChI is InChI=1S/C19H28O2/c1-9-11-12-13-14(10-2)21-17(20)16(19(6,7)8)15(13)18(3,4)5/h9-12,15-16H,1-2H2,3-8H3/b12-11-. The number of rotatable bonds is 3. The van der Waals surface area contributed by atoms with Crippen LogP contribution in [0.4, 0.5) is 0 Å². The highest BCUT2D eigenvalue weighted by Gasteiger charge is 2.49. The molecule has 0 bridgehead atoms. The normalized spacial score (nSPS) is 24.2. The molecule has 2 atom stereocenters. The highest BCUT2D eigenvalue weighted by molar-refractivity contribution is 5.78. The van der Waals surface area contributed by atoms with Crippen molar-refractivity contribution in [3.05, 3.63) is 48.8 Å². The predicted octanol–water partition coefficient (Wildman–Crippen LogP) is 5.05. The number of allylic oxidation sites excluding steroid dienone is 5. The third-order valence-electron chi connectivity index (χ3n) is 3.88. The topological polar surface area (TPSA) is 26.3 Å².